The first-order valence-electron chi connectivity index (χ1n) is 6.82. The number of hydrogen-bond acceptors (Lipinski definition) is 5. The third kappa shape index (κ3) is 2.47. The molecule has 2 aromatic rings. The number of hydrogen-bond donors (Lipinski definition) is 1. The van der Waals surface area contributed by atoms with Gasteiger partial charge in [-0.3, -0.25) is 0 Å². The standard InChI is InChI=1S/C14H18N2O2S3/c1-9-7-14(20-13(9)8-15)21(17,18)16-5-3-12-11(10(16)2)4-6-19-12/h4,6-7,10H,3,5,8,15H2,1-2H3. The lowest BCUT2D eigenvalue weighted by Crippen LogP contribution is -2.37. The van der Waals surface area contributed by atoms with Gasteiger partial charge in [-0.25, -0.2) is 8.42 Å². The summed E-state index contributed by atoms with van der Waals surface area (Å²) >= 11 is 3.01. The Kier molecular flexibility index (Phi) is 3.96. The number of rotatable bonds is 3. The number of sulfonamides is 1. The van der Waals surface area contributed by atoms with Gasteiger partial charge in [0, 0.05) is 28.9 Å². The van der Waals surface area contributed by atoms with Crippen LogP contribution in [0.15, 0.2) is 21.7 Å². The van der Waals surface area contributed by atoms with Gasteiger partial charge in [-0.05, 0) is 48.9 Å². The maximum absolute atomic E-state index is 12.9. The van der Waals surface area contributed by atoms with E-state index < -0.39 is 10.0 Å². The van der Waals surface area contributed by atoms with Crippen LogP contribution in [0.5, 0.6) is 0 Å². The van der Waals surface area contributed by atoms with Gasteiger partial charge in [0.15, 0.2) is 0 Å². The molecule has 0 saturated heterocycles. The second-order valence-electron chi connectivity index (χ2n) is 5.22. The Bertz CT molecular complexity index is 761. The molecule has 114 valence electrons. The smallest absolute Gasteiger partial charge is 0.253 e. The van der Waals surface area contributed by atoms with Crippen LogP contribution in [0, 0.1) is 6.92 Å². The summed E-state index contributed by atoms with van der Waals surface area (Å²) < 4.78 is 27.8. The molecule has 1 atom stereocenters. The van der Waals surface area contributed by atoms with Gasteiger partial charge in [0.1, 0.15) is 4.21 Å². The van der Waals surface area contributed by atoms with Crippen molar-refractivity contribution in [3.8, 4) is 0 Å². The highest BCUT2D eigenvalue weighted by Gasteiger charge is 2.35. The molecule has 0 aliphatic carbocycles. The Labute approximate surface area is 133 Å². The minimum absolute atomic E-state index is 0.103. The predicted molar refractivity (Wildman–Crippen MR) is 87.3 cm³/mol. The van der Waals surface area contributed by atoms with Crippen molar-refractivity contribution in [1.29, 1.82) is 0 Å². The van der Waals surface area contributed by atoms with E-state index in [-0.39, 0.29) is 6.04 Å². The summed E-state index contributed by atoms with van der Waals surface area (Å²) in [4.78, 5) is 2.24. The zero-order chi connectivity index (χ0) is 15.2. The molecule has 4 nitrogen and oxygen atoms in total. The molecule has 0 bridgehead atoms. The molecular formula is C14H18N2O2S3. The third-order valence-corrected chi connectivity index (χ3v) is 8.64. The van der Waals surface area contributed by atoms with Crippen molar-refractivity contribution in [2.75, 3.05) is 6.54 Å². The summed E-state index contributed by atoms with van der Waals surface area (Å²) in [5.74, 6) is 0. The van der Waals surface area contributed by atoms with Crippen LogP contribution in [0.25, 0.3) is 0 Å². The molecule has 0 aromatic carbocycles. The van der Waals surface area contributed by atoms with E-state index in [0.29, 0.717) is 17.3 Å². The summed E-state index contributed by atoms with van der Waals surface area (Å²) in [6.45, 7) is 4.81. The number of aryl methyl sites for hydroxylation is 1. The molecule has 3 heterocycles. The van der Waals surface area contributed by atoms with Crippen molar-refractivity contribution in [3.05, 3.63) is 38.4 Å². The van der Waals surface area contributed by atoms with E-state index in [1.54, 1.807) is 21.7 Å². The molecule has 7 heteroatoms. The van der Waals surface area contributed by atoms with Gasteiger partial charge in [-0.15, -0.1) is 22.7 Å². The lowest BCUT2D eigenvalue weighted by atomic mass is 10.0. The van der Waals surface area contributed by atoms with E-state index in [2.05, 4.69) is 0 Å². The second-order valence-corrected chi connectivity index (χ2v) is 9.47. The molecule has 1 aliphatic rings. The zero-order valence-electron chi connectivity index (χ0n) is 12.0. The maximum atomic E-state index is 12.9. The highest BCUT2D eigenvalue weighted by molar-refractivity contribution is 7.91. The van der Waals surface area contributed by atoms with E-state index >= 15 is 0 Å². The van der Waals surface area contributed by atoms with Gasteiger partial charge < -0.3 is 5.73 Å². The normalized spacial score (nSPS) is 19.7. The summed E-state index contributed by atoms with van der Waals surface area (Å²) in [6.07, 6.45) is 0.796. The Hall–Kier alpha value is -0.730. The average Bonchev–Trinajstić information content (AvgIpc) is 3.05. The van der Waals surface area contributed by atoms with E-state index in [4.69, 9.17) is 5.73 Å². The van der Waals surface area contributed by atoms with Gasteiger partial charge >= 0.3 is 0 Å². The maximum Gasteiger partial charge on any atom is 0.253 e. The Morgan fingerprint density at radius 2 is 2.24 bits per heavy atom. The SMILES string of the molecule is Cc1cc(S(=O)(=O)N2CCc3sccc3C2C)sc1CN. The van der Waals surface area contributed by atoms with Crippen molar-refractivity contribution < 1.29 is 8.42 Å². The van der Waals surface area contributed by atoms with Crippen LogP contribution in [0.1, 0.15) is 33.8 Å². The molecule has 2 aromatic heterocycles. The molecule has 0 spiro atoms. The number of nitrogens with zero attached hydrogens (tertiary/aromatic N) is 1. The quantitative estimate of drug-likeness (QED) is 0.933. The van der Waals surface area contributed by atoms with Crippen LogP contribution < -0.4 is 5.73 Å². The van der Waals surface area contributed by atoms with Crippen LogP contribution in [-0.4, -0.2) is 19.3 Å². The van der Waals surface area contributed by atoms with E-state index in [1.807, 2.05) is 25.3 Å². The average molecular weight is 343 g/mol. The number of thiophene rings is 2. The molecule has 0 saturated carbocycles. The van der Waals surface area contributed by atoms with Gasteiger partial charge in [0.2, 0.25) is 0 Å². The molecule has 1 aliphatic heterocycles. The van der Waals surface area contributed by atoms with Crippen LogP contribution in [0.3, 0.4) is 0 Å². The molecule has 0 radical (unpaired) electrons. The lowest BCUT2D eigenvalue weighted by molar-refractivity contribution is 0.330. The van der Waals surface area contributed by atoms with Crippen molar-refractivity contribution in [1.82, 2.24) is 4.31 Å². The summed E-state index contributed by atoms with van der Waals surface area (Å²) in [7, 11) is -3.44. The first kappa shape index (κ1) is 15.2. The van der Waals surface area contributed by atoms with Crippen LogP contribution in [0.4, 0.5) is 0 Å². The Balaban J connectivity index is 1.99. The van der Waals surface area contributed by atoms with Crippen molar-refractivity contribution in [2.24, 2.45) is 5.73 Å². The summed E-state index contributed by atoms with van der Waals surface area (Å²) in [5, 5.41) is 2.04. The molecule has 2 N–H and O–H groups in total. The van der Waals surface area contributed by atoms with Gasteiger partial charge in [-0.2, -0.15) is 4.31 Å². The lowest BCUT2D eigenvalue weighted by Gasteiger charge is -2.32. The molecule has 21 heavy (non-hydrogen) atoms. The first-order valence-corrected chi connectivity index (χ1v) is 9.96. The topological polar surface area (TPSA) is 63.4 Å². The van der Waals surface area contributed by atoms with Crippen LogP contribution in [-0.2, 0) is 23.0 Å². The van der Waals surface area contributed by atoms with Crippen LogP contribution >= 0.6 is 22.7 Å². The molecule has 3 rings (SSSR count). The highest BCUT2D eigenvalue weighted by atomic mass is 32.2. The van der Waals surface area contributed by atoms with E-state index in [0.717, 1.165) is 22.4 Å². The number of nitrogens with two attached hydrogens (primary N) is 1. The fraction of sp³-hybridized carbons (Fsp3) is 0.429. The van der Waals surface area contributed by atoms with Crippen molar-refractivity contribution in [2.45, 2.75) is 37.1 Å². The second kappa shape index (κ2) is 5.48. The van der Waals surface area contributed by atoms with Gasteiger partial charge in [0.25, 0.3) is 10.0 Å². The fourth-order valence-electron chi connectivity index (χ4n) is 2.75. The largest absolute Gasteiger partial charge is 0.326 e. The monoisotopic (exact) mass is 342 g/mol. The van der Waals surface area contributed by atoms with E-state index in [1.165, 1.54) is 16.2 Å². The molecule has 1 unspecified atom stereocenters. The Morgan fingerprint density at radius 1 is 1.48 bits per heavy atom. The Morgan fingerprint density at radius 3 is 2.90 bits per heavy atom. The zero-order valence-corrected chi connectivity index (χ0v) is 14.4. The molecule has 0 fully saturated rings. The van der Waals surface area contributed by atoms with Crippen molar-refractivity contribution in [3.63, 3.8) is 0 Å². The van der Waals surface area contributed by atoms with E-state index in [9.17, 15) is 8.42 Å². The van der Waals surface area contributed by atoms with Gasteiger partial charge in [0.05, 0.1) is 0 Å². The minimum Gasteiger partial charge on any atom is -0.326 e. The highest BCUT2D eigenvalue weighted by Crippen LogP contribution is 2.38. The first-order chi connectivity index (χ1) is 9.95. The summed E-state index contributed by atoms with van der Waals surface area (Å²) in [5.41, 5.74) is 7.77. The molecular weight excluding hydrogens is 324 g/mol. The molecule has 0 amide bonds. The predicted octanol–water partition coefficient (Wildman–Crippen LogP) is 2.88. The summed E-state index contributed by atoms with van der Waals surface area (Å²) in [6, 6.07) is 3.68. The number of fused-ring (bicyclic) bond motifs is 1. The van der Waals surface area contributed by atoms with Crippen molar-refractivity contribution >= 4 is 32.7 Å². The minimum atomic E-state index is -3.44. The third-order valence-electron chi connectivity index (χ3n) is 3.97. The van der Waals surface area contributed by atoms with Gasteiger partial charge in [-0.1, -0.05) is 0 Å². The fourth-order valence-corrected chi connectivity index (χ4v) is 6.92. The van der Waals surface area contributed by atoms with Crippen LogP contribution in [0.2, 0.25) is 0 Å².